The van der Waals surface area contributed by atoms with E-state index in [9.17, 15) is 14.3 Å². The van der Waals surface area contributed by atoms with Gasteiger partial charge in [0.05, 0.1) is 19.3 Å². The van der Waals surface area contributed by atoms with Crippen LogP contribution in [-0.4, -0.2) is 54.7 Å². The van der Waals surface area contributed by atoms with Crippen molar-refractivity contribution in [3.8, 4) is 0 Å². The summed E-state index contributed by atoms with van der Waals surface area (Å²) in [6.07, 6.45) is -2.97. The van der Waals surface area contributed by atoms with Crippen molar-refractivity contribution in [1.82, 2.24) is 19.5 Å². The summed E-state index contributed by atoms with van der Waals surface area (Å²) in [5, 5.41) is 18.6. The molecular weight excluding hydrogens is 259 g/mol. The molecule has 0 bridgehead atoms. The number of nitrogens with zero attached hydrogens (tertiary/aromatic N) is 3. The topological polar surface area (TPSA) is 113 Å². The fourth-order valence-electron chi connectivity index (χ4n) is 2.13. The number of aromatic nitrogens is 4. The van der Waals surface area contributed by atoms with Crippen LogP contribution in [0.1, 0.15) is 6.23 Å². The molecule has 8 nitrogen and oxygen atoms in total. The molecule has 102 valence electrons. The lowest BCUT2D eigenvalue weighted by atomic mass is 10.1. The molecule has 2 aromatic rings. The predicted octanol–water partition coefficient (Wildman–Crippen LogP) is -1.29. The van der Waals surface area contributed by atoms with Crippen molar-refractivity contribution in [3.63, 3.8) is 0 Å². The maximum Gasteiger partial charge on any atom is 0.278 e. The summed E-state index contributed by atoms with van der Waals surface area (Å²) in [7, 11) is 0. The molecule has 19 heavy (non-hydrogen) atoms. The van der Waals surface area contributed by atoms with Crippen LogP contribution in [0.2, 0.25) is 0 Å². The molecule has 1 aliphatic heterocycles. The second-order valence-corrected chi connectivity index (χ2v) is 4.24. The van der Waals surface area contributed by atoms with Crippen LogP contribution in [0.25, 0.3) is 11.2 Å². The fraction of sp³-hybridized carbons (Fsp3) is 0.500. The summed E-state index contributed by atoms with van der Waals surface area (Å²) in [4.78, 5) is 21.6. The Hall–Kier alpha value is -1.84. The molecule has 3 rings (SSSR count). The van der Waals surface area contributed by atoms with Crippen molar-refractivity contribution in [3.05, 3.63) is 23.0 Å². The van der Waals surface area contributed by atoms with Crippen LogP contribution in [0.4, 0.5) is 4.39 Å². The van der Waals surface area contributed by atoms with Crippen molar-refractivity contribution in [1.29, 1.82) is 0 Å². The van der Waals surface area contributed by atoms with Gasteiger partial charge in [0.2, 0.25) is 0 Å². The molecule has 1 aliphatic rings. The number of aromatic amines is 1. The lowest BCUT2D eigenvalue weighted by Gasteiger charge is -2.14. The maximum absolute atomic E-state index is 14.0. The van der Waals surface area contributed by atoms with Gasteiger partial charge in [-0.3, -0.25) is 9.36 Å². The Kier molecular flexibility index (Phi) is 2.81. The number of ether oxygens (including phenoxy) is 1. The number of aliphatic hydroxyl groups is 2. The number of rotatable bonds is 2. The lowest BCUT2D eigenvalue weighted by molar-refractivity contribution is -0.0459. The fourth-order valence-corrected chi connectivity index (χ4v) is 2.13. The maximum atomic E-state index is 14.0. The van der Waals surface area contributed by atoms with Crippen LogP contribution < -0.4 is 5.56 Å². The Labute approximate surface area is 105 Å². The Morgan fingerprint density at radius 3 is 3.00 bits per heavy atom. The SMILES string of the molecule is O=c1[nH]cnc2c1ncn2[C@@H]1O[C@H](CO)[C@@H](O)[C@@H]1F. The molecule has 1 fully saturated rings. The third kappa shape index (κ3) is 1.74. The summed E-state index contributed by atoms with van der Waals surface area (Å²) in [6.45, 7) is -0.501. The standard InChI is InChI=1S/C10H11FN4O4/c11-5-7(17)4(1-16)19-10(5)15-3-14-6-8(15)12-2-13-9(6)18/h2-5,7,10,16-17H,1H2,(H,12,13,18)/t4-,5+,7-,10-/m1/s1. The average Bonchev–Trinajstić information content (AvgIpc) is 2.94. The first-order valence-electron chi connectivity index (χ1n) is 5.62. The molecule has 0 amide bonds. The van der Waals surface area contributed by atoms with E-state index in [1.54, 1.807) is 0 Å². The number of aliphatic hydroxyl groups excluding tert-OH is 2. The van der Waals surface area contributed by atoms with E-state index in [1.807, 2.05) is 0 Å². The number of nitrogens with one attached hydrogen (secondary N) is 1. The van der Waals surface area contributed by atoms with Gasteiger partial charge in [0.15, 0.2) is 23.6 Å². The van der Waals surface area contributed by atoms with Crippen LogP contribution >= 0.6 is 0 Å². The molecule has 0 unspecified atom stereocenters. The Morgan fingerprint density at radius 2 is 2.32 bits per heavy atom. The van der Waals surface area contributed by atoms with Gasteiger partial charge in [-0.15, -0.1) is 0 Å². The van der Waals surface area contributed by atoms with Gasteiger partial charge in [-0.2, -0.15) is 0 Å². The minimum atomic E-state index is -1.74. The highest BCUT2D eigenvalue weighted by Crippen LogP contribution is 2.32. The Balaban J connectivity index is 2.06. The Morgan fingerprint density at radius 1 is 1.53 bits per heavy atom. The van der Waals surface area contributed by atoms with E-state index in [4.69, 9.17) is 9.84 Å². The average molecular weight is 270 g/mol. The van der Waals surface area contributed by atoms with E-state index in [0.717, 1.165) is 0 Å². The highest BCUT2D eigenvalue weighted by atomic mass is 19.1. The van der Waals surface area contributed by atoms with Crippen molar-refractivity contribution in [2.24, 2.45) is 0 Å². The van der Waals surface area contributed by atoms with Gasteiger partial charge < -0.3 is 19.9 Å². The van der Waals surface area contributed by atoms with Crippen LogP contribution in [0.15, 0.2) is 17.4 Å². The first-order chi connectivity index (χ1) is 9.13. The summed E-state index contributed by atoms with van der Waals surface area (Å²) in [5.74, 6) is 0. The number of H-pyrrole nitrogens is 1. The molecule has 0 spiro atoms. The molecule has 3 N–H and O–H groups in total. The highest BCUT2D eigenvalue weighted by molar-refractivity contribution is 5.68. The minimum absolute atomic E-state index is 0.0558. The van der Waals surface area contributed by atoms with E-state index in [0.29, 0.717) is 0 Å². The van der Waals surface area contributed by atoms with Crippen molar-refractivity contribution in [2.75, 3.05) is 6.61 Å². The van der Waals surface area contributed by atoms with Crippen LogP contribution in [-0.2, 0) is 4.74 Å². The van der Waals surface area contributed by atoms with Crippen molar-refractivity contribution >= 4 is 11.2 Å². The van der Waals surface area contributed by atoms with E-state index in [-0.39, 0.29) is 11.2 Å². The molecule has 0 saturated carbocycles. The quantitative estimate of drug-likeness (QED) is 0.625. The molecule has 4 atom stereocenters. The zero-order chi connectivity index (χ0) is 13.6. The molecule has 0 radical (unpaired) electrons. The first kappa shape index (κ1) is 12.2. The second kappa shape index (κ2) is 4.37. The molecular formula is C10H11FN4O4. The van der Waals surface area contributed by atoms with E-state index >= 15 is 0 Å². The van der Waals surface area contributed by atoms with Crippen molar-refractivity contribution in [2.45, 2.75) is 24.6 Å². The van der Waals surface area contributed by atoms with Gasteiger partial charge >= 0.3 is 0 Å². The summed E-state index contributed by atoms with van der Waals surface area (Å²) in [6, 6.07) is 0. The Bertz CT molecular complexity index is 656. The van der Waals surface area contributed by atoms with E-state index in [1.165, 1.54) is 17.2 Å². The van der Waals surface area contributed by atoms with Gasteiger partial charge in [-0.25, -0.2) is 14.4 Å². The monoisotopic (exact) mass is 270 g/mol. The molecule has 1 saturated heterocycles. The smallest absolute Gasteiger partial charge is 0.278 e. The van der Waals surface area contributed by atoms with Gasteiger partial charge in [0, 0.05) is 0 Å². The summed E-state index contributed by atoms with van der Waals surface area (Å²) >= 11 is 0. The number of hydrogen-bond acceptors (Lipinski definition) is 6. The van der Waals surface area contributed by atoms with Gasteiger partial charge in [0.1, 0.15) is 12.2 Å². The number of fused-ring (bicyclic) bond motifs is 1. The molecule has 3 heterocycles. The minimum Gasteiger partial charge on any atom is -0.394 e. The van der Waals surface area contributed by atoms with Gasteiger partial charge in [-0.1, -0.05) is 0 Å². The van der Waals surface area contributed by atoms with Gasteiger partial charge in [-0.05, 0) is 0 Å². The van der Waals surface area contributed by atoms with E-state index < -0.39 is 36.8 Å². The van der Waals surface area contributed by atoms with Crippen molar-refractivity contribution < 1.29 is 19.3 Å². The molecule has 2 aromatic heterocycles. The summed E-state index contributed by atoms with van der Waals surface area (Å²) in [5.41, 5.74) is -0.237. The lowest BCUT2D eigenvalue weighted by Crippen LogP contribution is -2.30. The predicted molar refractivity (Wildman–Crippen MR) is 60.0 cm³/mol. The normalized spacial score (nSPS) is 31.1. The van der Waals surface area contributed by atoms with Gasteiger partial charge in [0.25, 0.3) is 5.56 Å². The second-order valence-electron chi connectivity index (χ2n) is 4.24. The first-order valence-corrected chi connectivity index (χ1v) is 5.62. The molecule has 9 heteroatoms. The number of alkyl halides is 1. The van der Waals surface area contributed by atoms with Crippen LogP contribution in [0.5, 0.6) is 0 Å². The third-order valence-electron chi connectivity index (χ3n) is 3.11. The number of imidazole rings is 1. The number of hydrogen-bond donors (Lipinski definition) is 3. The zero-order valence-corrected chi connectivity index (χ0v) is 9.60. The largest absolute Gasteiger partial charge is 0.394 e. The van der Waals surface area contributed by atoms with E-state index in [2.05, 4.69) is 15.0 Å². The number of halogens is 1. The van der Waals surface area contributed by atoms with Crippen LogP contribution in [0.3, 0.4) is 0 Å². The van der Waals surface area contributed by atoms with Crippen LogP contribution in [0, 0.1) is 0 Å². The zero-order valence-electron chi connectivity index (χ0n) is 9.60. The molecule has 0 aliphatic carbocycles. The highest BCUT2D eigenvalue weighted by Gasteiger charge is 2.45. The summed E-state index contributed by atoms with van der Waals surface area (Å²) < 4.78 is 20.4. The third-order valence-corrected chi connectivity index (χ3v) is 3.11. The molecule has 0 aromatic carbocycles.